The van der Waals surface area contributed by atoms with Gasteiger partial charge in [0, 0.05) is 19.6 Å². The Morgan fingerprint density at radius 3 is 2.42 bits per heavy atom. The van der Waals surface area contributed by atoms with Crippen molar-refractivity contribution in [3.05, 3.63) is 0 Å². The summed E-state index contributed by atoms with van der Waals surface area (Å²) in [7, 11) is 2.07. The van der Waals surface area contributed by atoms with Crippen molar-refractivity contribution in [3.8, 4) is 0 Å². The number of carbonyl (C=O) groups is 1. The van der Waals surface area contributed by atoms with Crippen LogP contribution in [0.3, 0.4) is 0 Å². The van der Waals surface area contributed by atoms with E-state index in [1.165, 1.54) is 0 Å². The predicted molar refractivity (Wildman–Crippen MR) is 92.7 cm³/mol. The molecule has 1 amide bonds. The van der Waals surface area contributed by atoms with Crippen molar-refractivity contribution in [2.45, 2.75) is 75.7 Å². The second-order valence-electron chi connectivity index (χ2n) is 9.17. The third-order valence-electron chi connectivity index (χ3n) is 6.21. The van der Waals surface area contributed by atoms with Gasteiger partial charge in [-0.05, 0) is 65.8 Å². The summed E-state index contributed by atoms with van der Waals surface area (Å²) in [4.78, 5) is 16.7. The zero-order valence-electron chi connectivity index (χ0n) is 15.5. The number of hydrogen-bond acceptors (Lipinski definition) is 5. The van der Waals surface area contributed by atoms with E-state index in [4.69, 9.17) is 10.5 Å². The maximum Gasteiger partial charge on any atom is 0.410 e. The number of likely N-dealkylation sites (tertiary alicyclic amines) is 1. The third kappa shape index (κ3) is 3.04. The summed E-state index contributed by atoms with van der Waals surface area (Å²) >= 11 is 0. The molecule has 6 nitrogen and oxygen atoms in total. The Kier molecular flexibility index (Phi) is 4.38. The fourth-order valence-corrected chi connectivity index (χ4v) is 4.84. The van der Waals surface area contributed by atoms with E-state index in [1.807, 2.05) is 20.8 Å². The van der Waals surface area contributed by atoms with Gasteiger partial charge in [0.05, 0.1) is 17.2 Å². The van der Waals surface area contributed by atoms with Crippen molar-refractivity contribution >= 4 is 6.09 Å². The van der Waals surface area contributed by atoms with Crippen LogP contribution >= 0.6 is 0 Å². The van der Waals surface area contributed by atoms with Crippen LogP contribution < -0.4 is 5.73 Å². The maximum absolute atomic E-state index is 12.7. The Labute approximate surface area is 145 Å². The number of hydrogen-bond donors (Lipinski definition) is 2. The van der Waals surface area contributed by atoms with Crippen molar-refractivity contribution in [1.29, 1.82) is 0 Å². The molecule has 4 rings (SSSR count). The van der Waals surface area contributed by atoms with E-state index in [0.29, 0.717) is 25.3 Å². The Balaban J connectivity index is 1.83. The molecule has 3 N–H and O–H groups in total. The molecule has 24 heavy (non-hydrogen) atoms. The molecule has 2 bridgehead atoms. The lowest BCUT2D eigenvalue weighted by Crippen LogP contribution is -2.78. The lowest BCUT2D eigenvalue weighted by molar-refractivity contribution is -0.146. The van der Waals surface area contributed by atoms with Crippen LogP contribution in [0.1, 0.15) is 52.9 Å². The van der Waals surface area contributed by atoms with Gasteiger partial charge in [0.25, 0.3) is 0 Å². The number of ether oxygens (including phenoxy) is 1. The molecule has 0 spiro atoms. The summed E-state index contributed by atoms with van der Waals surface area (Å²) in [5, 5.41) is 11.4. The first-order valence-electron chi connectivity index (χ1n) is 9.23. The molecule has 3 saturated heterocycles. The molecule has 3 atom stereocenters. The topological polar surface area (TPSA) is 79.0 Å². The summed E-state index contributed by atoms with van der Waals surface area (Å²) in [5.74, 6) is 0.358. The largest absolute Gasteiger partial charge is 0.444 e. The molecule has 0 aromatic heterocycles. The molecule has 1 aliphatic carbocycles. The molecule has 0 radical (unpaired) electrons. The van der Waals surface area contributed by atoms with Gasteiger partial charge in [-0.25, -0.2) is 4.79 Å². The number of carbonyl (C=O) groups excluding carboxylic acids is 1. The molecule has 0 aromatic carbocycles. The highest BCUT2D eigenvalue weighted by molar-refractivity contribution is 5.69. The van der Waals surface area contributed by atoms with Gasteiger partial charge in [-0.3, -0.25) is 0 Å². The molecule has 0 aromatic rings. The minimum absolute atomic E-state index is 0.134. The van der Waals surface area contributed by atoms with E-state index >= 15 is 0 Å². The summed E-state index contributed by atoms with van der Waals surface area (Å²) in [6, 6.07) is -0.134. The Bertz CT molecular complexity index is 496. The molecule has 4 aliphatic rings. The molecule has 3 unspecified atom stereocenters. The van der Waals surface area contributed by atoms with Crippen LogP contribution in [0.2, 0.25) is 0 Å². The fourth-order valence-electron chi connectivity index (χ4n) is 4.84. The van der Waals surface area contributed by atoms with Crippen molar-refractivity contribution in [2.75, 3.05) is 26.7 Å². The Morgan fingerprint density at radius 1 is 1.25 bits per heavy atom. The number of nitrogens with zero attached hydrogens (tertiary/aromatic N) is 2. The molecule has 3 aliphatic heterocycles. The van der Waals surface area contributed by atoms with E-state index in [2.05, 4.69) is 11.9 Å². The third-order valence-corrected chi connectivity index (χ3v) is 6.21. The number of piperidine rings is 3. The van der Waals surface area contributed by atoms with Crippen LogP contribution in [0.5, 0.6) is 0 Å². The number of fused-ring (bicyclic) bond motifs is 3. The number of nitrogens with two attached hydrogens (primary N) is 1. The van der Waals surface area contributed by atoms with Gasteiger partial charge < -0.3 is 25.4 Å². The highest BCUT2D eigenvalue weighted by Crippen LogP contribution is 2.48. The van der Waals surface area contributed by atoms with Crippen LogP contribution in [-0.2, 0) is 4.74 Å². The molecule has 3 heterocycles. The minimum Gasteiger partial charge on any atom is -0.444 e. The Morgan fingerprint density at radius 2 is 1.88 bits per heavy atom. The van der Waals surface area contributed by atoms with Crippen molar-refractivity contribution in [1.82, 2.24) is 9.80 Å². The number of amides is 1. The van der Waals surface area contributed by atoms with Gasteiger partial charge in [0.15, 0.2) is 0 Å². The molecular formula is C18H33N3O3. The fraction of sp³-hybridized carbons (Fsp3) is 0.944. The lowest BCUT2D eigenvalue weighted by atomic mass is 9.58. The zero-order chi connectivity index (χ0) is 17.8. The van der Waals surface area contributed by atoms with Crippen LogP contribution in [0.4, 0.5) is 4.79 Å². The molecule has 4 fully saturated rings. The molecular weight excluding hydrogens is 306 g/mol. The van der Waals surface area contributed by atoms with E-state index in [1.54, 1.807) is 4.90 Å². The second kappa shape index (κ2) is 5.85. The standard InChI is InChI=1S/C18H33N3O3/c1-16(2,3)24-15(22)21-12-13-5-6-14(21)18(19,11-13)17(23)7-9-20(4)10-8-17/h13-14,23H,5-12,19H2,1-4H3. The van der Waals surface area contributed by atoms with E-state index in [0.717, 1.165) is 32.4 Å². The van der Waals surface area contributed by atoms with Crippen molar-refractivity contribution in [2.24, 2.45) is 11.7 Å². The summed E-state index contributed by atoms with van der Waals surface area (Å²) < 4.78 is 5.60. The van der Waals surface area contributed by atoms with Crippen molar-refractivity contribution < 1.29 is 14.6 Å². The average molecular weight is 339 g/mol. The van der Waals surface area contributed by atoms with Gasteiger partial charge >= 0.3 is 6.09 Å². The first-order chi connectivity index (χ1) is 11.0. The first kappa shape index (κ1) is 18.0. The van der Waals surface area contributed by atoms with Gasteiger partial charge in [0.2, 0.25) is 0 Å². The number of aliphatic hydroxyl groups is 1. The predicted octanol–water partition coefficient (Wildman–Crippen LogP) is 1.56. The van der Waals surface area contributed by atoms with Crippen LogP contribution in [-0.4, -0.2) is 70.5 Å². The van der Waals surface area contributed by atoms with Crippen molar-refractivity contribution in [3.63, 3.8) is 0 Å². The Hall–Kier alpha value is -0.850. The molecule has 1 saturated carbocycles. The zero-order valence-corrected chi connectivity index (χ0v) is 15.5. The summed E-state index contributed by atoms with van der Waals surface area (Å²) in [5.41, 5.74) is 4.73. The smallest absolute Gasteiger partial charge is 0.410 e. The minimum atomic E-state index is -0.899. The molecule has 138 valence electrons. The van der Waals surface area contributed by atoms with Gasteiger partial charge in [-0.2, -0.15) is 0 Å². The number of rotatable bonds is 1. The van der Waals surface area contributed by atoms with Gasteiger partial charge in [0.1, 0.15) is 5.60 Å². The highest BCUT2D eigenvalue weighted by atomic mass is 16.6. The van der Waals surface area contributed by atoms with Crippen LogP contribution in [0.25, 0.3) is 0 Å². The van der Waals surface area contributed by atoms with Crippen LogP contribution in [0, 0.1) is 5.92 Å². The summed E-state index contributed by atoms with van der Waals surface area (Å²) in [6.07, 6.45) is 3.80. The van der Waals surface area contributed by atoms with Crippen LogP contribution in [0.15, 0.2) is 0 Å². The van der Waals surface area contributed by atoms with E-state index in [-0.39, 0.29) is 12.1 Å². The quantitative estimate of drug-likeness (QED) is 0.758. The average Bonchev–Trinajstić information content (AvgIpc) is 2.49. The van der Waals surface area contributed by atoms with Gasteiger partial charge in [-0.1, -0.05) is 0 Å². The molecule has 6 heteroatoms. The maximum atomic E-state index is 12.7. The lowest BCUT2D eigenvalue weighted by Gasteiger charge is -2.61. The summed E-state index contributed by atoms with van der Waals surface area (Å²) in [6.45, 7) is 8.04. The normalized spacial score (nSPS) is 36.7. The van der Waals surface area contributed by atoms with Gasteiger partial charge in [-0.15, -0.1) is 0 Å². The monoisotopic (exact) mass is 339 g/mol. The van der Waals surface area contributed by atoms with E-state index < -0.39 is 16.7 Å². The SMILES string of the molecule is CN1CCC(O)(C2(N)CC3CCC2N(C(=O)OC(C)(C)C)C3)CC1. The highest BCUT2D eigenvalue weighted by Gasteiger charge is 2.60. The first-order valence-corrected chi connectivity index (χ1v) is 9.23. The second-order valence-corrected chi connectivity index (χ2v) is 9.17. The van der Waals surface area contributed by atoms with E-state index in [9.17, 15) is 9.90 Å².